The Hall–Kier alpha value is -2.10. The third-order valence-electron chi connectivity index (χ3n) is 3.48. The molecule has 1 unspecified atom stereocenters. The van der Waals surface area contributed by atoms with Gasteiger partial charge in [-0.05, 0) is 30.2 Å². The normalized spacial score (nSPS) is 12.1. The first kappa shape index (κ1) is 15.3. The van der Waals surface area contributed by atoms with E-state index in [1.54, 1.807) is 18.7 Å². The van der Waals surface area contributed by atoms with E-state index in [-0.39, 0.29) is 11.8 Å². The average molecular weight is 286 g/mol. The molecule has 0 aliphatic heterocycles. The molecule has 4 nitrogen and oxygen atoms in total. The van der Waals surface area contributed by atoms with Crippen molar-refractivity contribution in [3.63, 3.8) is 0 Å². The summed E-state index contributed by atoms with van der Waals surface area (Å²) in [5.41, 5.74) is 1.03. The zero-order valence-electron chi connectivity index (χ0n) is 12.7. The van der Waals surface area contributed by atoms with Gasteiger partial charge in [0.2, 0.25) is 5.91 Å². The molecule has 1 amide bonds. The minimum absolute atomic E-state index is 0.0293. The Labute approximate surface area is 125 Å². The summed E-state index contributed by atoms with van der Waals surface area (Å²) in [6, 6.07) is 7.62. The topological polar surface area (TPSA) is 46.3 Å². The van der Waals surface area contributed by atoms with Gasteiger partial charge < -0.3 is 9.32 Å². The largest absolute Gasteiger partial charge is 0.467 e. The minimum Gasteiger partial charge on any atom is -0.467 e. The van der Waals surface area contributed by atoms with Crippen LogP contribution in [-0.2, 0) is 17.9 Å². The van der Waals surface area contributed by atoms with Crippen molar-refractivity contribution in [1.82, 2.24) is 9.88 Å². The van der Waals surface area contributed by atoms with Gasteiger partial charge >= 0.3 is 0 Å². The lowest BCUT2D eigenvalue weighted by Gasteiger charge is -2.25. The highest BCUT2D eigenvalue weighted by molar-refractivity contribution is 5.78. The van der Waals surface area contributed by atoms with Crippen molar-refractivity contribution in [3.8, 4) is 0 Å². The van der Waals surface area contributed by atoms with Crippen LogP contribution in [0.5, 0.6) is 0 Å². The second-order valence-corrected chi connectivity index (χ2v) is 5.32. The maximum atomic E-state index is 12.6. The molecule has 0 aromatic carbocycles. The van der Waals surface area contributed by atoms with Gasteiger partial charge in [0.15, 0.2) is 0 Å². The standard InChI is InChI=1S/C17H22N2O2/c1-3-6-14(2)17(20)19(13-16-8-5-10-21-16)12-15-7-4-9-18-11-15/h4-5,7-11,14H,3,6,12-13H2,1-2H3. The van der Waals surface area contributed by atoms with Crippen molar-refractivity contribution in [1.29, 1.82) is 0 Å². The van der Waals surface area contributed by atoms with Crippen LogP contribution < -0.4 is 0 Å². The van der Waals surface area contributed by atoms with Crippen LogP contribution in [-0.4, -0.2) is 15.8 Å². The predicted molar refractivity (Wildman–Crippen MR) is 81.3 cm³/mol. The molecule has 0 N–H and O–H groups in total. The highest BCUT2D eigenvalue weighted by Gasteiger charge is 2.21. The van der Waals surface area contributed by atoms with Crippen molar-refractivity contribution in [2.75, 3.05) is 0 Å². The molecule has 2 rings (SSSR count). The molecule has 21 heavy (non-hydrogen) atoms. The van der Waals surface area contributed by atoms with Crippen LogP contribution in [0.1, 0.15) is 38.0 Å². The molecule has 0 saturated heterocycles. The number of rotatable bonds is 7. The van der Waals surface area contributed by atoms with Gasteiger partial charge in [-0.25, -0.2) is 0 Å². The Bertz CT molecular complexity index is 537. The molecule has 112 valence electrons. The summed E-state index contributed by atoms with van der Waals surface area (Å²) in [5.74, 6) is 0.995. The van der Waals surface area contributed by atoms with Crippen molar-refractivity contribution in [3.05, 3.63) is 54.2 Å². The zero-order chi connectivity index (χ0) is 15.1. The third-order valence-corrected chi connectivity index (χ3v) is 3.48. The molecule has 0 saturated carbocycles. The van der Waals surface area contributed by atoms with Crippen LogP contribution in [0.25, 0.3) is 0 Å². The quantitative estimate of drug-likeness (QED) is 0.780. The molecule has 0 aliphatic rings. The van der Waals surface area contributed by atoms with Crippen LogP contribution in [0.4, 0.5) is 0 Å². The van der Waals surface area contributed by atoms with Crippen molar-refractivity contribution >= 4 is 5.91 Å². The number of aromatic nitrogens is 1. The van der Waals surface area contributed by atoms with E-state index in [1.807, 2.05) is 36.1 Å². The number of amides is 1. The zero-order valence-corrected chi connectivity index (χ0v) is 12.7. The number of carbonyl (C=O) groups excluding carboxylic acids is 1. The van der Waals surface area contributed by atoms with E-state index in [9.17, 15) is 4.79 Å². The maximum absolute atomic E-state index is 12.6. The smallest absolute Gasteiger partial charge is 0.226 e. The fraction of sp³-hybridized carbons (Fsp3) is 0.412. The molecular weight excluding hydrogens is 264 g/mol. The van der Waals surface area contributed by atoms with Gasteiger partial charge in [-0.1, -0.05) is 26.3 Å². The van der Waals surface area contributed by atoms with Gasteiger partial charge in [-0.2, -0.15) is 0 Å². The summed E-state index contributed by atoms with van der Waals surface area (Å²) in [6.45, 7) is 5.14. The number of hydrogen-bond acceptors (Lipinski definition) is 3. The fourth-order valence-corrected chi connectivity index (χ4v) is 2.38. The number of furan rings is 1. The van der Waals surface area contributed by atoms with Crippen LogP contribution in [0, 0.1) is 5.92 Å². The molecule has 4 heteroatoms. The van der Waals surface area contributed by atoms with E-state index in [0.717, 1.165) is 24.2 Å². The van der Waals surface area contributed by atoms with Gasteiger partial charge in [0, 0.05) is 24.9 Å². The maximum Gasteiger partial charge on any atom is 0.226 e. The van der Waals surface area contributed by atoms with Gasteiger partial charge in [0.1, 0.15) is 5.76 Å². The molecule has 0 radical (unpaired) electrons. The SMILES string of the molecule is CCCC(C)C(=O)N(Cc1cccnc1)Cc1ccco1. The van der Waals surface area contributed by atoms with E-state index in [2.05, 4.69) is 11.9 Å². The van der Waals surface area contributed by atoms with Crippen molar-refractivity contribution in [2.45, 2.75) is 39.8 Å². The summed E-state index contributed by atoms with van der Waals surface area (Å²) in [6.07, 6.45) is 7.08. The number of hydrogen-bond donors (Lipinski definition) is 0. The predicted octanol–water partition coefficient (Wildman–Crippen LogP) is 3.64. The Morgan fingerprint density at radius 2 is 2.19 bits per heavy atom. The summed E-state index contributed by atoms with van der Waals surface area (Å²) < 4.78 is 5.38. The molecule has 0 aliphatic carbocycles. The Kier molecular flexibility index (Phi) is 5.55. The van der Waals surface area contributed by atoms with E-state index in [1.165, 1.54) is 0 Å². The van der Waals surface area contributed by atoms with Crippen LogP contribution in [0.3, 0.4) is 0 Å². The lowest BCUT2D eigenvalue weighted by molar-refractivity contribution is -0.136. The van der Waals surface area contributed by atoms with E-state index >= 15 is 0 Å². The molecule has 2 aromatic heterocycles. The summed E-state index contributed by atoms with van der Waals surface area (Å²) in [7, 11) is 0. The molecule has 0 fully saturated rings. The van der Waals surface area contributed by atoms with Crippen LogP contribution >= 0.6 is 0 Å². The van der Waals surface area contributed by atoms with Gasteiger partial charge in [-0.3, -0.25) is 9.78 Å². The van der Waals surface area contributed by atoms with E-state index in [0.29, 0.717) is 13.1 Å². The van der Waals surface area contributed by atoms with Crippen LogP contribution in [0.2, 0.25) is 0 Å². The van der Waals surface area contributed by atoms with E-state index in [4.69, 9.17) is 4.42 Å². The Balaban J connectivity index is 2.11. The van der Waals surface area contributed by atoms with Crippen LogP contribution in [0.15, 0.2) is 47.3 Å². The second kappa shape index (κ2) is 7.62. The molecule has 1 atom stereocenters. The number of nitrogens with zero attached hydrogens (tertiary/aromatic N) is 2. The first-order valence-electron chi connectivity index (χ1n) is 7.40. The summed E-state index contributed by atoms with van der Waals surface area (Å²) in [5, 5.41) is 0. The number of pyridine rings is 1. The fourth-order valence-electron chi connectivity index (χ4n) is 2.38. The van der Waals surface area contributed by atoms with Gasteiger partial charge in [0.05, 0.1) is 12.8 Å². The molecule has 2 aromatic rings. The molecule has 0 bridgehead atoms. The van der Waals surface area contributed by atoms with Gasteiger partial charge in [0.25, 0.3) is 0 Å². The summed E-state index contributed by atoms with van der Waals surface area (Å²) >= 11 is 0. The molecule has 2 heterocycles. The first-order chi connectivity index (χ1) is 10.2. The van der Waals surface area contributed by atoms with Gasteiger partial charge in [-0.15, -0.1) is 0 Å². The Morgan fingerprint density at radius 1 is 1.33 bits per heavy atom. The lowest BCUT2D eigenvalue weighted by atomic mass is 10.0. The summed E-state index contributed by atoms with van der Waals surface area (Å²) in [4.78, 5) is 18.6. The minimum atomic E-state index is 0.0293. The highest BCUT2D eigenvalue weighted by atomic mass is 16.3. The van der Waals surface area contributed by atoms with E-state index < -0.39 is 0 Å². The number of carbonyl (C=O) groups is 1. The first-order valence-corrected chi connectivity index (χ1v) is 7.40. The third kappa shape index (κ3) is 4.45. The molecule has 0 spiro atoms. The average Bonchev–Trinajstić information content (AvgIpc) is 3.00. The van der Waals surface area contributed by atoms with Crippen molar-refractivity contribution < 1.29 is 9.21 Å². The lowest BCUT2D eigenvalue weighted by Crippen LogP contribution is -2.34. The highest BCUT2D eigenvalue weighted by Crippen LogP contribution is 2.16. The van der Waals surface area contributed by atoms with Crippen molar-refractivity contribution in [2.24, 2.45) is 5.92 Å². The Morgan fingerprint density at radius 3 is 2.81 bits per heavy atom. The second-order valence-electron chi connectivity index (χ2n) is 5.32. The monoisotopic (exact) mass is 286 g/mol. The molecular formula is C17H22N2O2.